The van der Waals surface area contributed by atoms with Crippen molar-refractivity contribution < 1.29 is 18.1 Å². The van der Waals surface area contributed by atoms with Crippen LogP contribution in [-0.4, -0.2) is 45.5 Å². The predicted molar refractivity (Wildman–Crippen MR) is 106 cm³/mol. The Kier molecular flexibility index (Phi) is 5.85. The van der Waals surface area contributed by atoms with E-state index in [4.69, 9.17) is 4.52 Å². The smallest absolute Gasteiger partial charge is 0.254 e. The average molecular weight is 412 g/mol. The summed E-state index contributed by atoms with van der Waals surface area (Å²) in [6.07, 6.45) is 0.728. The third-order valence-corrected chi connectivity index (χ3v) is 5.18. The van der Waals surface area contributed by atoms with Crippen molar-refractivity contribution in [2.24, 2.45) is 0 Å². The molecule has 0 bridgehead atoms. The minimum absolute atomic E-state index is 0.105. The molecule has 6 nitrogen and oxygen atoms in total. The first-order valence-corrected chi connectivity index (χ1v) is 9.84. The lowest BCUT2D eigenvalue weighted by atomic mass is 10.1. The fourth-order valence-corrected chi connectivity index (χ4v) is 3.74. The van der Waals surface area contributed by atoms with Crippen LogP contribution in [0.4, 0.5) is 8.78 Å². The second kappa shape index (κ2) is 8.71. The number of nitrogens with zero attached hydrogens (tertiary/aromatic N) is 4. The van der Waals surface area contributed by atoms with Crippen LogP contribution in [0.15, 0.2) is 53.1 Å². The quantitative estimate of drug-likeness (QED) is 0.653. The number of rotatable bonds is 4. The summed E-state index contributed by atoms with van der Waals surface area (Å²) in [6, 6.07) is 12.5. The summed E-state index contributed by atoms with van der Waals surface area (Å²) in [5.41, 5.74) is 1.25. The van der Waals surface area contributed by atoms with Crippen molar-refractivity contribution in [3.63, 3.8) is 0 Å². The highest BCUT2D eigenvalue weighted by atomic mass is 19.2. The molecule has 2 aromatic carbocycles. The summed E-state index contributed by atoms with van der Waals surface area (Å²) in [4.78, 5) is 21.4. The van der Waals surface area contributed by atoms with Crippen LogP contribution in [0.1, 0.15) is 40.1 Å². The zero-order chi connectivity index (χ0) is 21.1. The first-order valence-electron chi connectivity index (χ1n) is 9.84. The van der Waals surface area contributed by atoms with Gasteiger partial charge in [-0.05, 0) is 43.2 Å². The van der Waals surface area contributed by atoms with Crippen LogP contribution < -0.4 is 0 Å². The van der Waals surface area contributed by atoms with Crippen LogP contribution in [0.3, 0.4) is 0 Å². The van der Waals surface area contributed by atoms with Gasteiger partial charge in [-0.25, -0.2) is 8.78 Å². The molecule has 2 heterocycles. The number of hydrogen-bond donors (Lipinski definition) is 0. The number of aryl methyl sites for hydroxylation is 1. The van der Waals surface area contributed by atoms with Gasteiger partial charge in [0.2, 0.25) is 0 Å². The zero-order valence-electron chi connectivity index (χ0n) is 16.6. The third-order valence-electron chi connectivity index (χ3n) is 5.18. The highest BCUT2D eigenvalue weighted by molar-refractivity contribution is 5.94. The molecule has 1 aliphatic rings. The average Bonchev–Trinajstić information content (AvgIpc) is 3.07. The van der Waals surface area contributed by atoms with E-state index < -0.39 is 17.7 Å². The number of aromatic nitrogens is 2. The number of carbonyl (C=O) groups is 1. The third kappa shape index (κ3) is 4.38. The molecule has 4 rings (SSSR count). The SMILES string of the molecule is Cc1noc(C2CN(Cc3ccc(F)c(F)c3)CCCN2C(=O)c2ccccc2)n1. The molecule has 0 aliphatic carbocycles. The molecule has 1 amide bonds. The Labute approximate surface area is 173 Å². The van der Waals surface area contributed by atoms with Crippen molar-refractivity contribution in [2.75, 3.05) is 19.6 Å². The summed E-state index contributed by atoms with van der Waals surface area (Å²) >= 11 is 0. The Morgan fingerprint density at radius 1 is 1.13 bits per heavy atom. The first-order chi connectivity index (χ1) is 14.5. The van der Waals surface area contributed by atoms with Gasteiger partial charge in [0.15, 0.2) is 17.5 Å². The summed E-state index contributed by atoms with van der Waals surface area (Å²) in [7, 11) is 0. The normalized spacial score (nSPS) is 17.7. The Hall–Kier alpha value is -3.13. The lowest BCUT2D eigenvalue weighted by Gasteiger charge is -2.29. The van der Waals surface area contributed by atoms with Gasteiger partial charge in [-0.3, -0.25) is 9.69 Å². The van der Waals surface area contributed by atoms with Gasteiger partial charge >= 0.3 is 0 Å². The van der Waals surface area contributed by atoms with E-state index in [1.54, 1.807) is 30.0 Å². The van der Waals surface area contributed by atoms with Crippen molar-refractivity contribution in [1.29, 1.82) is 0 Å². The molecule has 30 heavy (non-hydrogen) atoms. The standard InChI is InChI=1S/C22H22F2N4O2/c1-15-25-21(30-26-15)20-14-27(13-16-8-9-18(23)19(24)12-16)10-5-11-28(20)22(29)17-6-3-2-4-7-17/h2-4,6-9,12,20H,5,10-11,13-14H2,1H3. The molecule has 1 fully saturated rings. The Balaban J connectivity index is 1.60. The van der Waals surface area contributed by atoms with Gasteiger partial charge in [-0.15, -0.1) is 0 Å². The van der Waals surface area contributed by atoms with E-state index >= 15 is 0 Å². The highest BCUT2D eigenvalue weighted by Gasteiger charge is 2.34. The molecular formula is C22H22F2N4O2. The molecule has 3 aromatic rings. The summed E-state index contributed by atoms with van der Waals surface area (Å²) < 4.78 is 32.3. The van der Waals surface area contributed by atoms with Crippen molar-refractivity contribution in [3.05, 3.63) is 83.0 Å². The van der Waals surface area contributed by atoms with E-state index in [-0.39, 0.29) is 5.91 Å². The molecular weight excluding hydrogens is 390 g/mol. The Morgan fingerprint density at radius 2 is 1.93 bits per heavy atom. The minimum Gasteiger partial charge on any atom is -0.337 e. The van der Waals surface area contributed by atoms with Crippen LogP contribution in [0.5, 0.6) is 0 Å². The molecule has 0 radical (unpaired) electrons. The molecule has 8 heteroatoms. The highest BCUT2D eigenvalue weighted by Crippen LogP contribution is 2.27. The van der Waals surface area contributed by atoms with E-state index in [0.29, 0.717) is 49.0 Å². The van der Waals surface area contributed by atoms with Gasteiger partial charge in [0.25, 0.3) is 11.8 Å². The van der Waals surface area contributed by atoms with Crippen LogP contribution >= 0.6 is 0 Å². The number of benzene rings is 2. The van der Waals surface area contributed by atoms with Gasteiger partial charge < -0.3 is 9.42 Å². The second-order valence-electron chi connectivity index (χ2n) is 7.40. The lowest BCUT2D eigenvalue weighted by molar-refractivity contribution is 0.0631. The van der Waals surface area contributed by atoms with Gasteiger partial charge in [-0.2, -0.15) is 4.98 Å². The Bertz CT molecular complexity index is 1020. The molecule has 156 valence electrons. The summed E-state index contributed by atoms with van der Waals surface area (Å²) in [5.74, 6) is -0.977. The minimum atomic E-state index is -0.868. The lowest BCUT2D eigenvalue weighted by Crippen LogP contribution is -2.38. The van der Waals surface area contributed by atoms with Gasteiger partial charge in [-0.1, -0.05) is 29.4 Å². The van der Waals surface area contributed by atoms with Crippen LogP contribution in [-0.2, 0) is 6.54 Å². The maximum atomic E-state index is 13.6. The van der Waals surface area contributed by atoms with E-state index in [0.717, 1.165) is 12.5 Å². The van der Waals surface area contributed by atoms with E-state index in [1.165, 1.54) is 6.07 Å². The van der Waals surface area contributed by atoms with Crippen LogP contribution in [0.2, 0.25) is 0 Å². The van der Waals surface area contributed by atoms with Crippen molar-refractivity contribution in [2.45, 2.75) is 25.9 Å². The second-order valence-corrected chi connectivity index (χ2v) is 7.40. The first kappa shape index (κ1) is 20.2. The van der Waals surface area contributed by atoms with Crippen molar-refractivity contribution >= 4 is 5.91 Å². The summed E-state index contributed by atoms with van der Waals surface area (Å²) in [6.45, 7) is 3.81. The largest absolute Gasteiger partial charge is 0.337 e. The van der Waals surface area contributed by atoms with E-state index in [2.05, 4.69) is 15.0 Å². The number of amides is 1. The van der Waals surface area contributed by atoms with Crippen LogP contribution in [0, 0.1) is 18.6 Å². The fourth-order valence-electron chi connectivity index (χ4n) is 3.74. The maximum Gasteiger partial charge on any atom is 0.254 e. The molecule has 0 spiro atoms. The van der Waals surface area contributed by atoms with Gasteiger partial charge in [0.05, 0.1) is 0 Å². The molecule has 0 N–H and O–H groups in total. The van der Waals surface area contributed by atoms with Crippen LogP contribution in [0.25, 0.3) is 0 Å². The van der Waals surface area contributed by atoms with Gasteiger partial charge in [0.1, 0.15) is 6.04 Å². The topological polar surface area (TPSA) is 62.5 Å². The molecule has 1 unspecified atom stereocenters. The van der Waals surface area contributed by atoms with Gasteiger partial charge in [0, 0.05) is 31.7 Å². The summed E-state index contributed by atoms with van der Waals surface area (Å²) in [5, 5.41) is 3.89. The van der Waals surface area contributed by atoms with Crippen molar-refractivity contribution in [1.82, 2.24) is 19.9 Å². The number of hydrogen-bond acceptors (Lipinski definition) is 5. The monoisotopic (exact) mass is 412 g/mol. The number of halogens is 2. The molecule has 1 saturated heterocycles. The molecule has 1 aliphatic heterocycles. The molecule has 1 atom stereocenters. The molecule has 1 aromatic heterocycles. The number of carbonyl (C=O) groups excluding carboxylic acids is 1. The molecule has 0 saturated carbocycles. The zero-order valence-corrected chi connectivity index (χ0v) is 16.6. The maximum absolute atomic E-state index is 13.6. The van der Waals surface area contributed by atoms with E-state index in [9.17, 15) is 13.6 Å². The van der Waals surface area contributed by atoms with E-state index in [1.807, 2.05) is 18.2 Å². The Morgan fingerprint density at radius 3 is 2.63 bits per heavy atom. The fraction of sp³-hybridized carbons (Fsp3) is 0.318. The predicted octanol–water partition coefficient (Wildman–Crippen LogP) is 3.75. The van der Waals surface area contributed by atoms with Crippen molar-refractivity contribution in [3.8, 4) is 0 Å².